The summed E-state index contributed by atoms with van der Waals surface area (Å²) in [5, 5.41) is 0. The quantitative estimate of drug-likeness (QED) is 0.487. The summed E-state index contributed by atoms with van der Waals surface area (Å²) >= 11 is 0. The van der Waals surface area contributed by atoms with Gasteiger partial charge in [0.05, 0.1) is 48.0 Å². The molecule has 1 fully saturated rings. The molecule has 2 aromatic carbocycles. The van der Waals surface area contributed by atoms with Gasteiger partial charge in [-0.2, -0.15) is 0 Å². The van der Waals surface area contributed by atoms with E-state index in [1.807, 2.05) is 12.1 Å². The van der Waals surface area contributed by atoms with E-state index in [1.165, 1.54) is 17.6 Å². The van der Waals surface area contributed by atoms with Gasteiger partial charge in [0.15, 0.2) is 0 Å². The monoisotopic (exact) mass is 417 g/mol. The molecule has 0 aliphatic carbocycles. The van der Waals surface area contributed by atoms with E-state index in [9.17, 15) is 4.39 Å². The molecule has 31 heavy (non-hydrogen) atoms. The van der Waals surface area contributed by atoms with Gasteiger partial charge in [0.2, 0.25) is 0 Å². The molecule has 0 bridgehead atoms. The number of benzene rings is 2. The summed E-state index contributed by atoms with van der Waals surface area (Å²) in [6.45, 7) is 5.93. The lowest BCUT2D eigenvalue weighted by Crippen LogP contribution is -2.38. The second-order valence-electron chi connectivity index (χ2n) is 7.70. The molecule has 0 spiro atoms. The van der Waals surface area contributed by atoms with E-state index in [1.54, 1.807) is 18.5 Å². The molecular formula is C24H24FN5O. The Morgan fingerprint density at radius 3 is 2.87 bits per heavy atom. The van der Waals surface area contributed by atoms with E-state index in [0.29, 0.717) is 24.4 Å². The van der Waals surface area contributed by atoms with Crippen LogP contribution in [0.2, 0.25) is 0 Å². The molecule has 0 unspecified atom stereocenters. The second kappa shape index (κ2) is 8.53. The fourth-order valence-corrected chi connectivity index (χ4v) is 4.15. The van der Waals surface area contributed by atoms with Crippen LogP contribution in [0.25, 0.3) is 22.3 Å². The van der Waals surface area contributed by atoms with Gasteiger partial charge in [-0.15, -0.1) is 0 Å². The van der Waals surface area contributed by atoms with Gasteiger partial charge in [-0.25, -0.2) is 14.4 Å². The molecule has 0 radical (unpaired) electrons. The molecule has 6 nitrogen and oxygen atoms in total. The predicted molar refractivity (Wildman–Crippen MR) is 117 cm³/mol. The first-order chi connectivity index (χ1) is 15.2. The van der Waals surface area contributed by atoms with Crippen LogP contribution in [0.4, 0.5) is 4.39 Å². The van der Waals surface area contributed by atoms with Gasteiger partial charge in [0.1, 0.15) is 17.7 Å². The first-order valence-corrected chi connectivity index (χ1v) is 10.6. The first kappa shape index (κ1) is 19.8. The molecule has 2 aromatic heterocycles. The Morgan fingerprint density at radius 2 is 2.00 bits per heavy atom. The fourth-order valence-electron chi connectivity index (χ4n) is 4.15. The first-order valence-electron chi connectivity index (χ1n) is 10.6. The normalized spacial score (nSPS) is 17.3. The number of hydrogen-bond donors (Lipinski definition) is 0. The van der Waals surface area contributed by atoms with Crippen LogP contribution in [0.15, 0.2) is 60.9 Å². The number of fused-ring (bicyclic) bond motifs is 1. The molecule has 3 heterocycles. The highest BCUT2D eigenvalue weighted by atomic mass is 19.1. The molecule has 1 aliphatic heterocycles. The van der Waals surface area contributed by atoms with E-state index >= 15 is 0 Å². The standard InChI is InChI=1S/C24H24FN5O/c1-2-30-22-9-4-3-8-19(22)28-24(30)16-29-10-11-31-23(15-29)21-14-26-13-20(27-21)17-6-5-7-18(25)12-17/h3-9,12-14,23H,2,10-11,15-16H2,1H3/t23-/m1/s1. The van der Waals surface area contributed by atoms with Crippen molar-refractivity contribution in [2.24, 2.45) is 0 Å². The molecule has 0 amide bonds. The van der Waals surface area contributed by atoms with E-state index in [2.05, 4.69) is 39.6 Å². The summed E-state index contributed by atoms with van der Waals surface area (Å²) < 4.78 is 21.9. The van der Waals surface area contributed by atoms with E-state index < -0.39 is 0 Å². The third-order valence-electron chi connectivity index (χ3n) is 5.67. The highest BCUT2D eigenvalue weighted by Crippen LogP contribution is 2.25. The molecule has 1 aliphatic rings. The maximum absolute atomic E-state index is 13.6. The van der Waals surface area contributed by atoms with Gasteiger partial charge in [-0.1, -0.05) is 24.3 Å². The number of ether oxygens (including phenoxy) is 1. The summed E-state index contributed by atoms with van der Waals surface area (Å²) in [6.07, 6.45) is 3.20. The van der Waals surface area contributed by atoms with Crippen molar-refractivity contribution >= 4 is 11.0 Å². The lowest BCUT2D eigenvalue weighted by molar-refractivity contribution is -0.0360. The number of aromatic nitrogens is 4. The lowest BCUT2D eigenvalue weighted by Gasteiger charge is -2.32. The Hall–Kier alpha value is -3.16. The summed E-state index contributed by atoms with van der Waals surface area (Å²) in [6, 6.07) is 14.6. The van der Waals surface area contributed by atoms with Crippen molar-refractivity contribution < 1.29 is 9.13 Å². The molecule has 5 rings (SSSR count). The minimum atomic E-state index is -0.288. The van der Waals surface area contributed by atoms with Gasteiger partial charge >= 0.3 is 0 Å². The van der Waals surface area contributed by atoms with Gasteiger partial charge in [0.25, 0.3) is 0 Å². The summed E-state index contributed by atoms with van der Waals surface area (Å²) in [4.78, 5) is 16.2. The van der Waals surface area contributed by atoms with Gasteiger partial charge in [0, 0.05) is 25.2 Å². The number of morpholine rings is 1. The largest absolute Gasteiger partial charge is 0.369 e. The van der Waals surface area contributed by atoms with Crippen molar-refractivity contribution in [2.45, 2.75) is 26.1 Å². The SMILES string of the molecule is CCn1c(CN2CCO[C@@H](c3cncc(-c4cccc(F)c4)n3)C2)nc2ccccc21. The van der Waals surface area contributed by atoms with Crippen molar-refractivity contribution in [3.8, 4) is 11.3 Å². The van der Waals surface area contributed by atoms with Crippen LogP contribution < -0.4 is 0 Å². The number of rotatable bonds is 5. The van der Waals surface area contributed by atoms with Crippen LogP contribution in [0.5, 0.6) is 0 Å². The number of aryl methyl sites for hydroxylation is 1. The minimum absolute atomic E-state index is 0.186. The van der Waals surface area contributed by atoms with Crippen LogP contribution in [0.3, 0.4) is 0 Å². The summed E-state index contributed by atoms with van der Waals surface area (Å²) in [5.41, 5.74) is 4.30. The average Bonchev–Trinajstić information content (AvgIpc) is 3.16. The number of nitrogens with zero attached hydrogens (tertiary/aromatic N) is 5. The van der Waals surface area contributed by atoms with E-state index in [0.717, 1.165) is 36.7 Å². The Kier molecular flexibility index (Phi) is 5.44. The molecule has 4 aromatic rings. The zero-order valence-electron chi connectivity index (χ0n) is 17.4. The van der Waals surface area contributed by atoms with Gasteiger partial charge in [-0.3, -0.25) is 9.88 Å². The second-order valence-corrected chi connectivity index (χ2v) is 7.70. The van der Waals surface area contributed by atoms with Crippen LogP contribution in [-0.4, -0.2) is 44.1 Å². The van der Waals surface area contributed by atoms with Crippen molar-refractivity contribution in [1.29, 1.82) is 0 Å². The van der Waals surface area contributed by atoms with Crippen LogP contribution in [0.1, 0.15) is 24.5 Å². The molecule has 1 saturated heterocycles. The predicted octanol–water partition coefficient (Wildman–Crippen LogP) is 4.23. The number of halogens is 1. The smallest absolute Gasteiger partial charge is 0.124 e. The van der Waals surface area contributed by atoms with Crippen molar-refractivity contribution in [1.82, 2.24) is 24.4 Å². The lowest BCUT2D eigenvalue weighted by atomic mass is 10.1. The maximum atomic E-state index is 13.6. The van der Waals surface area contributed by atoms with Crippen LogP contribution >= 0.6 is 0 Å². The average molecular weight is 417 g/mol. The van der Waals surface area contributed by atoms with Crippen LogP contribution in [-0.2, 0) is 17.8 Å². The topological polar surface area (TPSA) is 56.1 Å². The van der Waals surface area contributed by atoms with Crippen molar-refractivity contribution in [3.05, 3.63) is 78.3 Å². The number of hydrogen-bond acceptors (Lipinski definition) is 5. The third-order valence-corrected chi connectivity index (χ3v) is 5.67. The highest BCUT2D eigenvalue weighted by Gasteiger charge is 2.25. The van der Waals surface area contributed by atoms with Crippen LogP contribution in [0, 0.1) is 5.82 Å². The van der Waals surface area contributed by atoms with Gasteiger partial charge < -0.3 is 9.30 Å². The van der Waals surface area contributed by atoms with E-state index in [4.69, 9.17) is 14.7 Å². The highest BCUT2D eigenvalue weighted by molar-refractivity contribution is 5.75. The molecule has 7 heteroatoms. The van der Waals surface area contributed by atoms with Crippen molar-refractivity contribution in [3.63, 3.8) is 0 Å². The van der Waals surface area contributed by atoms with Gasteiger partial charge in [-0.05, 0) is 31.2 Å². The third kappa shape index (κ3) is 4.06. The van der Waals surface area contributed by atoms with Crippen molar-refractivity contribution in [2.75, 3.05) is 19.7 Å². The molecule has 0 N–H and O–H groups in total. The number of para-hydroxylation sites is 2. The maximum Gasteiger partial charge on any atom is 0.124 e. The minimum Gasteiger partial charge on any atom is -0.369 e. The zero-order chi connectivity index (χ0) is 21.2. The number of imidazole rings is 1. The Bertz CT molecular complexity index is 1210. The molecular weight excluding hydrogens is 393 g/mol. The summed E-state index contributed by atoms with van der Waals surface area (Å²) in [7, 11) is 0. The molecule has 0 saturated carbocycles. The Labute approximate surface area is 180 Å². The molecule has 1 atom stereocenters. The summed E-state index contributed by atoms with van der Waals surface area (Å²) in [5.74, 6) is 0.771. The zero-order valence-corrected chi connectivity index (χ0v) is 17.4. The Balaban J connectivity index is 1.36. The van der Waals surface area contributed by atoms with E-state index in [-0.39, 0.29) is 11.9 Å². The fraction of sp³-hybridized carbons (Fsp3) is 0.292. The Morgan fingerprint density at radius 1 is 1.10 bits per heavy atom. The molecule has 158 valence electrons.